The Kier molecular flexibility index (Phi) is 4.93. The van der Waals surface area contributed by atoms with Gasteiger partial charge in [-0.05, 0) is 24.3 Å². The van der Waals surface area contributed by atoms with Crippen molar-refractivity contribution in [1.82, 2.24) is 4.98 Å². The molecule has 0 radical (unpaired) electrons. The summed E-state index contributed by atoms with van der Waals surface area (Å²) in [6.07, 6.45) is 0. The van der Waals surface area contributed by atoms with Crippen LogP contribution in [0.5, 0.6) is 5.88 Å². The number of hydrogen-bond acceptors (Lipinski definition) is 4. The van der Waals surface area contributed by atoms with Crippen LogP contribution in [0, 0.1) is 0 Å². The lowest BCUT2D eigenvalue weighted by atomic mass is 10.1. The van der Waals surface area contributed by atoms with Crippen LogP contribution in [-0.4, -0.2) is 25.2 Å². The standard InChI is InChI=1S/C14H10Cl3NO3/c1-20-13-7(3-4-12(18-13)14(19)21-2)8-5-10(16)11(17)6-9(8)15/h3-6H,1-2H3. The molecule has 1 heterocycles. The highest BCUT2D eigenvalue weighted by atomic mass is 35.5. The largest absolute Gasteiger partial charge is 0.481 e. The quantitative estimate of drug-likeness (QED) is 0.606. The average molecular weight is 347 g/mol. The summed E-state index contributed by atoms with van der Waals surface area (Å²) >= 11 is 18.1. The lowest BCUT2D eigenvalue weighted by molar-refractivity contribution is 0.0593. The molecular formula is C14H10Cl3NO3. The molecule has 0 aliphatic rings. The number of methoxy groups -OCH3 is 2. The molecule has 0 aliphatic heterocycles. The molecule has 110 valence electrons. The second-order valence-corrected chi connectivity index (χ2v) is 5.21. The second kappa shape index (κ2) is 6.52. The van der Waals surface area contributed by atoms with E-state index in [-0.39, 0.29) is 11.6 Å². The number of ether oxygens (including phenoxy) is 2. The van der Waals surface area contributed by atoms with Crippen LogP contribution in [0.25, 0.3) is 11.1 Å². The van der Waals surface area contributed by atoms with E-state index >= 15 is 0 Å². The summed E-state index contributed by atoms with van der Waals surface area (Å²) in [5, 5.41) is 1.11. The summed E-state index contributed by atoms with van der Waals surface area (Å²) in [7, 11) is 2.72. The first kappa shape index (κ1) is 15.9. The summed E-state index contributed by atoms with van der Waals surface area (Å²) < 4.78 is 9.82. The smallest absolute Gasteiger partial charge is 0.356 e. The Morgan fingerprint density at radius 3 is 2.29 bits per heavy atom. The first-order valence-corrected chi connectivity index (χ1v) is 6.89. The SMILES string of the molecule is COC(=O)c1ccc(-c2cc(Cl)c(Cl)cc2Cl)c(OC)n1. The predicted molar refractivity (Wildman–Crippen MR) is 82.6 cm³/mol. The zero-order valence-corrected chi connectivity index (χ0v) is 13.4. The molecule has 0 fully saturated rings. The fourth-order valence-electron chi connectivity index (χ4n) is 1.75. The van der Waals surface area contributed by atoms with Crippen LogP contribution in [0.15, 0.2) is 24.3 Å². The average Bonchev–Trinajstić information content (AvgIpc) is 2.49. The number of pyridine rings is 1. The Hall–Kier alpha value is -1.49. The van der Waals surface area contributed by atoms with Crippen LogP contribution in [0.1, 0.15) is 10.5 Å². The van der Waals surface area contributed by atoms with Gasteiger partial charge in [-0.25, -0.2) is 9.78 Å². The second-order valence-electron chi connectivity index (χ2n) is 3.99. The molecule has 0 unspecified atom stereocenters. The fraction of sp³-hybridized carbons (Fsp3) is 0.143. The number of rotatable bonds is 3. The maximum Gasteiger partial charge on any atom is 0.356 e. The lowest BCUT2D eigenvalue weighted by Crippen LogP contribution is -2.05. The van der Waals surface area contributed by atoms with Gasteiger partial charge in [0.25, 0.3) is 0 Å². The van der Waals surface area contributed by atoms with Crippen molar-refractivity contribution < 1.29 is 14.3 Å². The van der Waals surface area contributed by atoms with Crippen LogP contribution >= 0.6 is 34.8 Å². The molecule has 1 aromatic carbocycles. The molecule has 0 aliphatic carbocycles. The van der Waals surface area contributed by atoms with Crippen LogP contribution in [0.2, 0.25) is 15.1 Å². The van der Waals surface area contributed by atoms with Gasteiger partial charge in [-0.3, -0.25) is 0 Å². The van der Waals surface area contributed by atoms with Gasteiger partial charge in [-0.15, -0.1) is 0 Å². The van der Waals surface area contributed by atoms with Crippen LogP contribution < -0.4 is 4.74 Å². The van der Waals surface area contributed by atoms with Gasteiger partial charge in [0.05, 0.1) is 29.3 Å². The van der Waals surface area contributed by atoms with E-state index in [0.29, 0.717) is 26.2 Å². The minimum Gasteiger partial charge on any atom is -0.481 e. The number of carbonyl (C=O) groups is 1. The Morgan fingerprint density at radius 2 is 1.67 bits per heavy atom. The number of hydrogen-bond donors (Lipinski definition) is 0. The third kappa shape index (κ3) is 3.23. The molecular weight excluding hydrogens is 337 g/mol. The fourth-order valence-corrected chi connectivity index (χ4v) is 2.40. The molecule has 0 amide bonds. The molecule has 0 atom stereocenters. The molecule has 0 spiro atoms. The van der Waals surface area contributed by atoms with Crippen molar-refractivity contribution in [3.8, 4) is 17.0 Å². The van der Waals surface area contributed by atoms with E-state index < -0.39 is 5.97 Å². The topological polar surface area (TPSA) is 48.4 Å². The van der Waals surface area contributed by atoms with Gasteiger partial charge in [0.1, 0.15) is 0 Å². The molecule has 0 saturated carbocycles. The number of halogens is 3. The molecule has 0 saturated heterocycles. The molecule has 0 N–H and O–H groups in total. The molecule has 21 heavy (non-hydrogen) atoms. The van der Waals surface area contributed by atoms with E-state index in [1.165, 1.54) is 26.4 Å². The Balaban J connectivity index is 2.59. The zero-order chi connectivity index (χ0) is 15.6. The molecule has 0 bridgehead atoms. The first-order chi connectivity index (χ1) is 9.97. The van der Waals surface area contributed by atoms with Crippen molar-refractivity contribution in [2.45, 2.75) is 0 Å². The zero-order valence-electron chi connectivity index (χ0n) is 11.1. The van der Waals surface area contributed by atoms with Gasteiger partial charge in [0.15, 0.2) is 5.69 Å². The van der Waals surface area contributed by atoms with E-state index in [9.17, 15) is 4.79 Å². The minimum atomic E-state index is -0.555. The maximum atomic E-state index is 11.5. The molecule has 2 aromatic rings. The maximum absolute atomic E-state index is 11.5. The van der Waals surface area contributed by atoms with Gasteiger partial charge in [-0.2, -0.15) is 0 Å². The Morgan fingerprint density at radius 1 is 1.00 bits per heavy atom. The predicted octanol–water partition coefficient (Wildman–Crippen LogP) is 4.50. The number of aromatic nitrogens is 1. The summed E-state index contributed by atoms with van der Waals surface area (Å²) in [5.41, 5.74) is 1.33. The lowest BCUT2D eigenvalue weighted by Gasteiger charge is -2.11. The first-order valence-electron chi connectivity index (χ1n) is 5.76. The highest BCUT2D eigenvalue weighted by Gasteiger charge is 2.16. The minimum absolute atomic E-state index is 0.134. The summed E-state index contributed by atoms with van der Waals surface area (Å²) in [6.45, 7) is 0. The molecule has 4 nitrogen and oxygen atoms in total. The van der Waals surface area contributed by atoms with Gasteiger partial charge in [0.2, 0.25) is 5.88 Å². The third-order valence-electron chi connectivity index (χ3n) is 2.75. The van der Waals surface area contributed by atoms with Crippen molar-refractivity contribution in [3.05, 3.63) is 45.0 Å². The van der Waals surface area contributed by atoms with Crippen LogP contribution in [0.4, 0.5) is 0 Å². The highest BCUT2D eigenvalue weighted by Crippen LogP contribution is 2.38. The van der Waals surface area contributed by atoms with Crippen molar-refractivity contribution in [3.63, 3.8) is 0 Å². The molecule has 7 heteroatoms. The number of carbonyl (C=O) groups excluding carboxylic acids is 1. The van der Waals surface area contributed by atoms with Crippen LogP contribution in [0.3, 0.4) is 0 Å². The summed E-state index contributed by atoms with van der Waals surface area (Å²) in [6, 6.07) is 6.32. The normalized spacial score (nSPS) is 10.3. The van der Waals surface area contributed by atoms with E-state index in [4.69, 9.17) is 39.5 Å². The summed E-state index contributed by atoms with van der Waals surface area (Å²) in [5.74, 6) is -0.321. The van der Waals surface area contributed by atoms with E-state index in [0.717, 1.165) is 0 Å². The van der Waals surface area contributed by atoms with Crippen molar-refractivity contribution >= 4 is 40.8 Å². The van der Waals surface area contributed by atoms with Crippen molar-refractivity contribution in [2.75, 3.05) is 14.2 Å². The number of esters is 1. The van der Waals surface area contributed by atoms with Gasteiger partial charge in [-0.1, -0.05) is 34.8 Å². The van der Waals surface area contributed by atoms with Gasteiger partial charge < -0.3 is 9.47 Å². The van der Waals surface area contributed by atoms with E-state index in [2.05, 4.69) is 9.72 Å². The monoisotopic (exact) mass is 345 g/mol. The molecule has 2 rings (SSSR count). The Bertz CT molecular complexity index is 704. The highest BCUT2D eigenvalue weighted by molar-refractivity contribution is 6.44. The van der Waals surface area contributed by atoms with E-state index in [1.54, 1.807) is 12.1 Å². The number of benzene rings is 1. The molecule has 1 aromatic heterocycles. The third-order valence-corrected chi connectivity index (χ3v) is 3.78. The van der Waals surface area contributed by atoms with Crippen molar-refractivity contribution in [1.29, 1.82) is 0 Å². The van der Waals surface area contributed by atoms with Gasteiger partial charge in [0, 0.05) is 11.1 Å². The summed E-state index contributed by atoms with van der Waals surface area (Å²) in [4.78, 5) is 15.6. The van der Waals surface area contributed by atoms with Crippen molar-refractivity contribution in [2.24, 2.45) is 0 Å². The Labute approximate surface area is 136 Å². The number of nitrogens with zero attached hydrogens (tertiary/aromatic N) is 1. The van der Waals surface area contributed by atoms with Gasteiger partial charge >= 0.3 is 5.97 Å². The van der Waals surface area contributed by atoms with E-state index in [1.807, 2.05) is 0 Å². The van der Waals surface area contributed by atoms with Crippen LogP contribution in [-0.2, 0) is 4.74 Å².